The molecule has 68 valence electrons. The van der Waals surface area contributed by atoms with Crippen molar-refractivity contribution in [1.29, 1.82) is 0 Å². The van der Waals surface area contributed by atoms with Crippen LogP contribution in [-0.2, 0) is 9.53 Å². The first-order chi connectivity index (χ1) is 5.53. The summed E-state index contributed by atoms with van der Waals surface area (Å²) in [5.74, 6) is 0.701. The van der Waals surface area contributed by atoms with Gasteiger partial charge in [0.1, 0.15) is 5.76 Å². The SMILES string of the molecule is COC1=CC(=O)NCC(C)(C)C1. The summed E-state index contributed by atoms with van der Waals surface area (Å²) in [6.07, 6.45) is 2.33. The van der Waals surface area contributed by atoms with E-state index < -0.39 is 0 Å². The lowest BCUT2D eigenvalue weighted by Crippen LogP contribution is -2.30. The van der Waals surface area contributed by atoms with Gasteiger partial charge < -0.3 is 10.1 Å². The fraction of sp³-hybridized carbons (Fsp3) is 0.667. The van der Waals surface area contributed by atoms with Crippen LogP contribution in [-0.4, -0.2) is 19.6 Å². The van der Waals surface area contributed by atoms with Crippen LogP contribution in [0.3, 0.4) is 0 Å². The highest BCUT2D eigenvalue weighted by Crippen LogP contribution is 2.26. The predicted molar refractivity (Wildman–Crippen MR) is 46.5 cm³/mol. The molecular weight excluding hydrogens is 154 g/mol. The number of carbonyl (C=O) groups is 1. The lowest BCUT2D eigenvalue weighted by atomic mass is 9.89. The second-order valence-corrected chi connectivity index (χ2v) is 3.87. The van der Waals surface area contributed by atoms with Crippen molar-refractivity contribution in [2.45, 2.75) is 20.3 Å². The molecule has 0 unspecified atom stereocenters. The van der Waals surface area contributed by atoms with Crippen molar-refractivity contribution < 1.29 is 9.53 Å². The number of hydrogen-bond donors (Lipinski definition) is 1. The Morgan fingerprint density at radius 2 is 2.25 bits per heavy atom. The molecule has 1 rings (SSSR count). The van der Waals surface area contributed by atoms with Crippen LogP contribution in [0.2, 0.25) is 0 Å². The molecule has 3 nitrogen and oxygen atoms in total. The van der Waals surface area contributed by atoms with Crippen molar-refractivity contribution in [3.63, 3.8) is 0 Å². The predicted octanol–water partition coefficient (Wildman–Crippen LogP) is 1.06. The first-order valence-electron chi connectivity index (χ1n) is 4.06. The topological polar surface area (TPSA) is 38.3 Å². The van der Waals surface area contributed by atoms with Crippen molar-refractivity contribution in [1.82, 2.24) is 5.32 Å². The number of ether oxygens (including phenoxy) is 1. The molecule has 0 spiro atoms. The third-order valence-corrected chi connectivity index (χ3v) is 1.95. The van der Waals surface area contributed by atoms with Crippen molar-refractivity contribution in [3.8, 4) is 0 Å². The van der Waals surface area contributed by atoms with Gasteiger partial charge in [0.2, 0.25) is 5.91 Å². The molecule has 1 aliphatic heterocycles. The Labute approximate surface area is 72.8 Å². The molecule has 0 aromatic carbocycles. The van der Waals surface area contributed by atoms with E-state index in [9.17, 15) is 4.79 Å². The first kappa shape index (κ1) is 9.10. The number of carbonyl (C=O) groups excluding carboxylic acids is 1. The molecule has 1 heterocycles. The molecular formula is C9H15NO2. The molecule has 0 aromatic heterocycles. The van der Waals surface area contributed by atoms with Gasteiger partial charge in [0, 0.05) is 19.0 Å². The number of methoxy groups -OCH3 is 1. The molecule has 0 saturated carbocycles. The maximum atomic E-state index is 11.1. The molecule has 12 heavy (non-hydrogen) atoms. The second-order valence-electron chi connectivity index (χ2n) is 3.87. The van der Waals surface area contributed by atoms with E-state index in [2.05, 4.69) is 19.2 Å². The van der Waals surface area contributed by atoms with E-state index in [-0.39, 0.29) is 11.3 Å². The van der Waals surface area contributed by atoms with Crippen LogP contribution < -0.4 is 5.32 Å². The minimum Gasteiger partial charge on any atom is -0.501 e. The molecule has 0 saturated heterocycles. The summed E-state index contributed by atoms with van der Waals surface area (Å²) in [4.78, 5) is 11.1. The molecule has 1 aliphatic rings. The second kappa shape index (κ2) is 3.17. The van der Waals surface area contributed by atoms with E-state index in [1.165, 1.54) is 6.08 Å². The van der Waals surface area contributed by atoms with Crippen molar-refractivity contribution in [3.05, 3.63) is 11.8 Å². The Bertz CT molecular complexity index is 219. The smallest absolute Gasteiger partial charge is 0.247 e. The summed E-state index contributed by atoms with van der Waals surface area (Å²) in [5.41, 5.74) is 0.0913. The average Bonchev–Trinajstić information content (AvgIpc) is 2.10. The van der Waals surface area contributed by atoms with Gasteiger partial charge in [0.25, 0.3) is 0 Å². The van der Waals surface area contributed by atoms with Gasteiger partial charge in [0.05, 0.1) is 7.11 Å². The van der Waals surface area contributed by atoms with E-state index >= 15 is 0 Å². The Morgan fingerprint density at radius 3 is 2.83 bits per heavy atom. The van der Waals surface area contributed by atoms with E-state index in [4.69, 9.17) is 4.74 Å². The van der Waals surface area contributed by atoms with Crippen LogP contribution in [0.1, 0.15) is 20.3 Å². The molecule has 0 aliphatic carbocycles. The zero-order valence-electron chi connectivity index (χ0n) is 7.81. The molecule has 3 heteroatoms. The maximum absolute atomic E-state index is 11.1. The summed E-state index contributed by atoms with van der Waals surface area (Å²) in [5, 5.41) is 2.80. The standard InChI is InChI=1S/C9H15NO2/c1-9(2)5-7(12-3)4-8(11)10-6-9/h4H,5-6H2,1-3H3,(H,10,11). The van der Waals surface area contributed by atoms with Gasteiger partial charge in [-0.3, -0.25) is 4.79 Å². The summed E-state index contributed by atoms with van der Waals surface area (Å²) >= 11 is 0. The van der Waals surface area contributed by atoms with Gasteiger partial charge in [-0.2, -0.15) is 0 Å². The molecule has 1 N–H and O–H groups in total. The molecule has 0 aromatic rings. The number of nitrogens with one attached hydrogen (secondary N) is 1. The average molecular weight is 169 g/mol. The van der Waals surface area contributed by atoms with E-state index in [1.807, 2.05) is 0 Å². The van der Waals surface area contributed by atoms with E-state index in [1.54, 1.807) is 7.11 Å². The first-order valence-corrected chi connectivity index (χ1v) is 4.06. The van der Waals surface area contributed by atoms with Crippen LogP contribution in [0.25, 0.3) is 0 Å². The highest BCUT2D eigenvalue weighted by Gasteiger charge is 2.24. The van der Waals surface area contributed by atoms with Gasteiger partial charge in [-0.1, -0.05) is 13.8 Å². The van der Waals surface area contributed by atoms with Crippen molar-refractivity contribution in [2.24, 2.45) is 5.41 Å². The van der Waals surface area contributed by atoms with Gasteiger partial charge in [0.15, 0.2) is 0 Å². The number of hydrogen-bond acceptors (Lipinski definition) is 2. The van der Waals surface area contributed by atoms with Gasteiger partial charge in [-0.05, 0) is 5.41 Å². The van der Waals surface area contributed by atoms with E-state index in [0.717, 1.165) is 12.2 Å². The lowest BCUT2D eigenvalue weighted by Gasteiger charge is -2.22. The minimum atomic E-state index is -0.0579. The van der Waals surface area contributed by atoms with Gasteiger partial charge >= 0.3 is 0 Å². The summed E-state index contributed by atoms with van der Waals surface area (Å²) in [7, 11) is 1.60. The fourth-order valence-corrected chi connectivity index (χ4v) is 1.24. The van der Waals surface area contributed by atoms with Crippen LogP contribution in [0.4, 0.5) is 0 Å². The molecule has 0 radical (unpaired) electrons. The number of rotatable bonds is 1. The monoisotopic (exact) mass is 169 g/mol. The summed E-state index contributed by atoms with van der Waals surface area (Å²) < 4.78 is 5.08. The third-order valence-electron chi connectivity index (χ3n) is 1.95. The normalized spacial score (nSPS) is 22.2. The third kappa shape index (κ3) is 2.26. The largest absolute Gasteiger partial charge is 0.501 e. The van der Waals surface area contributed by atoms with Crippen LogP contribution in [0.15, 0.2) is 11.8 Å². The van der Waals surface area contributed by atoms with Crippen LogP contribution >= 0.6 is 0 Å². The Hall–Kier alpha value is -0.990. The van der Waals surface area contributed by atoms with Crippen LogP contribution in [0.5, 0.6) is 0 Å². The number of amides is 1. The minimum absolute atomic E-state index is 0.0579. The quantitative estimate of drug-likeness (QED) is 0.637. The molecule has 0 bridgehead atoms. The van der Waals surface area contributed by atoms with Crippen molar-refractivity contribution >= 4 is 5.91 Å². The molecule has 1 amide bonds. The highest BCUT2D eigenvalue weighted by atomic mass is 16.5. The zero-order valence-corrected chi connectivity index (χ0v) is 7.81. The summed E-state index contributed by atoms with van der Waals surface area (Å²) in [6, 6.07) is 0. The van der Waals surface area contributed by atoms with Crippen LogP contribution in [0, 0.1) is 5.41 Å². The highest BCUT2D eigenvalue weighted by molar-refractivity contribution is 5.88. The van der Waals surface area contributed by atoms with Gasteiger partial charge in [-0.15, -0.1) is 0 Å². The fourth-order valence-electron chi connectivity index (χ4n) is 1.24. The lowest BCUT2D eigenvalue weighted by molar-refractivity contribution is -0.116. The Balaban J connectivity index is 2.77. The van der Waals surface area contributed by atoms with Crippen molar-refractivity contribution in [2.75, 3.05) is 13.7 Å². The van der Waals surface area contributed by atoms with Gasteiger partial charge in [-0.25, -0.2) is 0 Å². The zero-order chi connectivity index (χ0) is 9.19. The molecule has 0 fully saturated rings. The van der Waals surface area contributed by atoms with E-state index in [0.29, 0.717) is 6.54 Å². The Kier molecular flexibility index (Phi) is 2.40. The molecule has 0 atom stereocenters. The Morgan fingerprint density at radius 1 is 1.58 bits per heavy atom. The number of allylic oxidation sites excluding steroid dienone is 1. The summed E-state index contributed by atoms with van der Waals surface area (Å²) in [6.45, 7) is 4.91. The maximum Gasteiger partial charge on any atom is 0.247 e.